The van der Waals surface area contributed by atoms with E-state index in [1.807, 2.05) is 24.3 Å². The molecule has 1 amide bonds. The van der Waals surface area contributed by atoms with Crippen LogP contribution in [0.15, 0.2) is 36.4 Å². The second-order valence-electron chi connectivity index (χ2n) is 4.55. The molecule has 0 radical (unpaired) electrons. The number of halogens is 2. The average Bonchev–Trinajstić information content (AvgIpc) is 2.92. The molecule has 1 aromatic carbocycles. The van der Waals surface area contributed by atoms with Crippen LogP contribution in [-0.2, 0) is 6.42 Å². The first-order chi connectivity index (χ1) is 10.6. The maximum Gasteiger partial charge on any atom is 0.271 e. The van der Waals surface area contributed by atoms with Gasteiger partial charge in [-0.1, -0.05) is 35.3 Å². The zero-order chi connectivity index (χ0) is 15.5. The molecule has 1 N–H and O–H groups in total. The Balaban J connectivity index is 1.62. The molecule has 3 rings (SSSR count). The zero-order valence-corrected chi connectivity index (χ0v) is 13.7. The van der Waals surface area contributed by atoms with Gasteiger partial charge in [-0.3, -0.25) is 4.79 Å². The Bertz CT molecular complexity index is 802. The molecule has 0 spiro atoms. The third-order valence-electron chi connectivity index (χ3n) is 2.99. The lowest BCUT2D eigenvalue weighted by atomic mass is 10.3. The summed E-state index contributed by atoms with van der Waals surface area (Å²) in [5.41, 5.74) is 1.12. The fourth-order valence-electron chi connectivity index (χ4n) is 1.97. The van der Waals surface area contributed by atoms with Gasteiger partial charge >= 0.3 is 0 Å². The maximum atomic E-state index is 12.0. The van der Waals surface area contributed by atoms with Crippen LogP contribution in [0.1, 0.15) is 15.5 Å². The van der Waals surface area contributed by atoms with Crippen LogP contribution in [-0.4, -0.2) is 22.4 Å². The van der Waals surface area contributed by atoms with Gasteiger partial charge in [0.15, 0.2) is 0 Å². The van der Waals surface area contributed by atoms with Crippen molar-refractivity contribution < 1.29 is 4.79 Å². The van der Waals surface area contributed by atoms with E-state index in [4.69, 9.17) is 23.2 Å². The molecule has 0 aliphatic heterocycles. The summed E-state index contributed by atoms with van der Waals surface area (Å²) in [5, 5.41) is 4.28. The van der Waals surface area contributed by atoms with Gasteiger partial charge in [-0.05, 0) is 24.3 Å². The third kappa shape index (κ3) is 3.38. The number of amides is 1. The highest BCUT2D eigenvalue weighted by molar-refractivity contribution is 7.18. The smallest absolute Gasteiger partial charge is 0.271 e. The molecule has 7 heteroatoms. The molecule has 0 unspecified atom stereocenters. The summed E-state index contributed by atoms with van der Waals surface area (Å²) in [4.78, 5) is 20.5. The largest absolute Gasteiger partial charge is 0.350 e. The Morgan fingerprint density at radius 3 is 2.77 bits per heavy atom. The molecule has 0 aliphatic carbocycles. The Morgan fingerprint density at radius 1 is 1.14 bits per heavy atom. The van der Waals surface area contributed by atoms with Crippen LogP contribution in [0, 0.1) is 0 Å². The molecular formula is C15H11Cl2N3OS. The highest BCUT2D eigenvalue weighted by Crippen LogP contribution is 2.21. The molecule has 2 aromatic heterocycles. The number of hydrogen-bond donors (Lipinski definition) is 1. The molecule has 2 heterocycles. The summed E-state index contributed by atoms with van der Waals surface area (Å²) in [5.74, 6) is -0.339. The van der Waals surface area contributed by atoms with Gasteiger partial charge in [-0.25, -0.2) is 9.97 Å². The Morgan fingerprint density at radius 2 is 1.95 bits per heavy atom. The fraction of sp³-hybridized carbons (Fsp3) is 0.133. The first-order valence-electron chi connectivity index (χ1n) is 6.58. The predicted octanol–water partition coefficient (Wildman–Crippen LogP) is 3.97. The molecule has 3 aromatic rings. The van der Waals surface area contributed by atoms with Crippen molar-refractivity contribution in [3.8, 4) is 0 Å². The summed E-state index contributed by atoms with van der Waals surface area (Å²) in [6.45, 7) is 0.461. The highest BCUT2D eigenvalue weighted by atomic mass is 35.5. The normalized spacial score (nSPS) is 10.8. The standard InChI is InChI=1S/C15H11Cl2N3OS/c16-9-5-6-12(17)20-14(9)15(21)18-8-7-13-19-10-3-1-2-4-11(10)22-13/h1-6H,7-8H2,(H,18,21). The first kappa shape index (κ1) is 15.2. The van der Waals surface area contributed by atoms with Gasteiger partial charge in [0.2, 0.25) is 0 Å². The van der Waals surface area contributed by atoms with Gasteiger partial charge in [0.1, 0.15) is 10.8 Å². The van der Waals surface area contributed by atoms with Crippen LogP contribution in [0.25, 0.3) is 10.2 Å². The first-order valence-corrected chi connectivity index (χ1v) is 8.15. The summed E-state index contributed by atoms with van der Waals surface area (Å²) in [7, 11) is 0. The number of fused-ring (bicyclic) bond motifs is 1. The van der Waals surface area contributed by atoms with Gasteiger partial charge in [0, 0.05) is 13.0 Å². The number of para-hydroxylation sites is 1. The third-order valence-corrected chi connectivity index (χ3v) is 4.60. The molecule has 112 valence electrons. The Labute approximate surface area is 141 Å². The summed E-state index contributed by atoms with van der Waals surface area (Å²) in [6.07, 6.45) is 0.656. The van der Waals surface area contributed by atoms with Crippen LogP contribution in [0.4, 0.5) is 0 Å². The monoisotopic (exact) mass is 351 g/mol. The molecule has 0 bridgehead atoms. The second kappa shape index (κ2) is 6.60. The predicted molar refractivity (Wildman–Crippen MR) is 89.9 cm³/mol. The number of rotatable bonds is 4. The van der Waals surface area contributed by atoms with Crippen molar-refractivity contribution in [3.05, 3.63) is 57.3 Å². The highest BCUT2D eigenvalue weighted by Gasteiger charge is 2.12. The van der Waals surface area contributed by atoms with Crippen LogP contribution < -0.4 is 5.32 Å². The molecule has 4 nitrogen and oxygen atoms in total. The molecule has 0 fully saturated rings. The maximum absolute atomic E-state index is 12.0. The zero-order valence-electron chi connectivity index (χ0n) is 11.3. The van der Waals surface area contributed by atoms with E-state index in [9.17, 15) is 4.79 Å². The van der Waals surface area contributed by atoms with Gasteiger partial charge in [-0.2, -0.15) is 0 Å². The minimum Gasteiger partial charge on any atom is -0.350 e. The molecule has 0 atom stereocenters. The molecule has 22 heavy (non-hydrogen) atoms. The quantitative estimate of drug-likeness (QED) is 0.723. The van der Waals surface area contributed by atoms with Gasteiger partial charge in [0.25, 0.3) is 5.91 Å². The van der Waals surface area contributed by atoms with Gasteiger partial charge in [-0.15, -0.1) is 11.3 Å². The van der Waals surface area contributed by atoms with Crippen molar-refractivity contribution in [2.24, 2.45) is 0 Å². The topological polar surface area (TPSA) is 54.9 Å². The van der Waals surface area contributed by atoms with E-state index >= 15 is 0 Å². The molecule has 0 aliphatic rings. The van der Waals surface area contributed by atoms with Crippen LogP contribution >= 0.6 is 34.5 Å². The summed E-state index contributed by atoms with van der Waals surface area (Å²) < 4.78 is 1.14. The lowest BCUT2D eigenvalue weighted by molar-refractivity contribution is 0.0949. The van der Waals surface area contributed by atoms with E-state index in [0.717, 1.165) is 15.2 Å². The number of benzene rings is 1. The number of nitrogens with one attached hydrogen (secondary N) is 1. The van der Waals surface area contributed by atoms with Crippen molar-refractivity contribution in [2.45, 2.75) is 6.42 Å². The van der Waals surface area contributed by atoms with Crippen LogP contribution in [0.3, 0.4) is 0 Å². The van der Waals surface area contributed by atoms with E-state index in [0.29, 0.717) is 13.0 Å². The van der Waals surface area contributed by atoms with E-state index in [-0.39, 0.29) is 21.8 Å². The van der Waals surface area contributed by atoms with Gasteiger partial charge in [0.05, 0.1) is 20.2 Å². The number of aromatic nitrogens is 2. The van der Waals surface area contributed by atoms with Crippen molar-refractivity contribution >= 4 is 50.7 Å². The summed E-state index contributed by atoms with van der Waals surface area (Å²) >= 11 is 13.4. The fourth-order valence-corrected chi connectivity index (χ4v) is 3.28. The summed E-state index contributed by atoms with van der Waals surface area (Å²) in [6, 6.07) is 11.1. The SMILES string of the molecule is O=C(NCCc1nc2ccccc2s1)c1nc(Cl)ccc1Cl. The van der Waals surface area contributed by atoms with E-state index in [1.165, 1.54) is 0 Å². The van der Waals surface area contributed by atoms with E-state index in [1.54, 1.807) is 23.5 Å². The molecular weight excluding hydrogens is 341 g/mol. The lowest BCUT2D eigenvalue weighted by Crippen LogP contribution is -2.26. The lowest BCUT2D eigenvalue weighted by Gasteiger charge is -2.05. The number of carbonyl (C=O) groups is 1. The van der Waals surface area contributed by atoms with Crippen LogP contribution in [0.5, 0.6) is 0 Å². The number of hydrogen-bond acceptors (Lipinski definition) is 4. The number of carbonyl (C=O) groups excluding carboxylic acids is 1. The minimum atomic E-state index is -0.339. The Kier molecular flexibility index (Phi) is 4.57. The number of thiazole rings is 1. The molecule has 0 saturated carbocycles. The van der Waals surface area contributed by atoms with Crippen molar-refractivity contribution in [3.63, 3.8) is 0 Å². The van der Waals surface area contributed by atoms with Gasteiger partial charge < -0.3 is 5.32 Å². The minimum absolute atomic E-state index is 0.137. The Hall–Kier alpha value is -1.69. The number of pyridine rings is 1. The van der Waals surface area contributed by atoms with E-state index in [2.05, 4.69) is 15.3 Å². The molecule has 0 saturated heterocycles. The average molecular weight is 352 g/mol. The van der Waals surface area contributed by atoms with Crippen molar-refractivity contribution in [2.75, 3.05) is 6.54 Å². The van der Waals surface area contributed by atoms with Crippen molar-refractivity contribution in [1.29, 1.82) is 0 Å². The van der Waals surface area contributed by atoms with E-state index < -0.39 is 0 Å². The second-order valence-corrected chi connectivity index (χ2v) is 6.46. The van der Waals surface area contributed by atoms with Crippen molar-refractivity contribution in [1.82, 2.24) is 15.3 Å². The number of nitrogens with zero attached hydrogens (tertiary/aromatic N) is 2. The van der Waals surface area contributed by atoms with Crippen LogP contribution in [0.2, 0.25) is 10.2 Å².